The molecule has 1 aliphatic rings. The molecule has 0 bridgehead atoms. The van der Waals surface area contributed by atoms with Crippen molar-refractivity contribution in [2.45, 2.75) is 39.3 Å². The molecule has 1 amide bonds. The highest BCUT2D eigenvalue weighted by Gasteiger charge is 2.30. The van der Waals surface area contributed by atoms with Crippen LogP contribution < -0.4 is 5.32 Å². The molecule has 2 aromatic heterocycles. The molecule has 0 aliphatic carbocycles. The summed E-state index contributed by atoms with van der Waals surface area (Å²) < 4.78 is 5.62. The van der Waals surface area contributed by atoms with Crippen LogP contribution in [0.1, 0.15) is 39.5 Å². The lowest BCUT2D eigenvalue weighted by Crippen LogP contribution is -2.35. The first-order valence-electron chi connectivity index (χ1n) is 8.40. The van der Waals surface area contributed by atoms with E-state index in [1.807, 2.05) is 6.07 Å². The molecule has 5 nitrogen and oxygen atoms in total. The Bertz CT molecular complexity index is 833. The van der Waals surface area contributed by atoms with Crippen molar-refractivity contribution in [1.29, 1.82) is 0 Å². The summed E-state index contributed by atoms with van der Waals surface area (Å²) in [6.07, 6.45) is 1.02. The quantitative estimate of drug-likeness (QED) is 0.677. The average Bonchev–Trinajstić information content (AvgIpc) is 3.16. The van der Waals surface area contributed by atoms with Crippen molar-refractivity contribution in [3.8, 4) is 0 Å². The van der Waals surface area contributed by atoms with E-state index in [-0.39, 0.29) is 24.7 Å². The molecule has 0 aromatic carbocycles. The van der Waals surface area contributed by atoms with Crippen molar-refractivity contribution in [2.24, 2.45) is 0 Å². The molecular formula is C18H22Cl2N2O3S2. The zero-order valence-corrected chi connectivity index (χ0v) is 18.5. The van der Waals surface area contributed by atoms with E-state index >= 15 is 0 Å². The molecule has 0 saturated heterocycles. The lowest BCUT2D eigenvalue weighted by molar-refractivity contribution is -0.115. The van der Waals surface area contributed by atoms with E-state index in [1.54, 1.807) is 6.07 Å². The van der Waals surface area contributed by atoms with Crippen LogP contribution in [0.3, 0.4) is 0 Å². The predicted molar refractivity (Wildman–Crippen MR) is 114 cm³/mol. The Hall–Kier alpha value is -1.12. The van der Waals surface area contributed by atoms with Crippen LogP contribution in [0.25, 0.3) is 0 Å². The normalized spacial score (nSPS) is 13.8. The first-order chi connectivity index (χ1) is 12.4. The van der Waals surface area contributed by atoms with Crippen molar-refractivity contribution in [3.63, 3.8) is 0 Å². The Balaban J connectivity index is 0.00000261. The molecule has 0 fully saturated rings. The third-order valence-electron chi connectivity index (χ3n) is 4.42. The van der Waals surface area contributed by atoms with Gasteiger partial charge in [-0.05, 0) is 38.0 Å². The van der Waals surface area contributed by atoms with E-state index in [9.17, 15) is 9.59 Å². The molecule has 0 unspecified atom stereocenters. The standard InChI is InChI=1S/C18H21ClN2O3S2.ClH/c1-10(2)21-7-6-12-13(9-21)26-17(16(12)18(23)24-3)20-15(22)8-11-4-5-14(19)25-11;/h4-5,10H,6-9H2,1-3H3,(H,20,22);1H. The summed E-state index contributed by atoms with van der Waals surface area (Å²) in [6.45, 7) is 6.01. The van der Waals surface area contributed by atoms with Gasteiger partial charge in [-0.3, -0.25) is 9.69 Å². The number of nitrogens with zero attached hydrogens (tertiary/aromatic N) is 1. The fourth-order valence-corrected chi connectivity index (χ4v) is 5.41. The fraction of sp³-hybridized carbons (Fsp3) is 0.444. The van der Waals surface area contributed by atoms with E-state index in [0.717, 1.165) is 34.8 Å². The van der Waals surface area contributed by atoms with E-state index < -0.39 is 5.97 Å². The van der Waals surface area contributed by atoms with Gasteiger partial charge in [0.2, 0.25) is 5.91 Å². The Morgan fingerprint density at radius 3 is 2.67 bits per heavy atom. The minimum Gasteiger partial charge on any atom is -0.465 e. The second-order valence-electron chi connectivity index (χ2n) is 6.44. The lowest BCUT2D eigenvalue weighted by atomic mass is 10.0. The maximum atomic E-state index is 12.4. The third-order valence-corrected chi connectivity index (χ3v) is 6.79. The molecule has 3 heterocycles. The SMILES string of the molecule is COC(=O)c1c(NC(=O)Cc2ccc(Cl)s2)sc2c1CCN(C(C)C)C2.Cl. The number of amides is 1. The van der Waals surface area contributed by atoms with Crippen molar-refractivity contribution in [2.75, 3.05) is 19.0 Å². The van der Waals surface area contributed by atoms with Gasteiger partial charge in [-0.15, -0.1) is 35.1 Å². The minimum atomic E-state index is -0.394. The number of anilines is 1. The minimum absolute atomic E-state index is 0. The molecule has 2 aromatic rings. The van der Waals surface area contributed by atoms with E-state index in [0.29, 0.717) is 20.9 Å². The van der Waals surface area contributed by atoms with Crippen LogP contribution >= 0.6 is 46.7 Å². The van der Waals surface area contributed by atoms with E-state index in [1.165, 1.54) is 29.8 Å². The lowest BCUT2D eigenvalue weighted by Gasteiger charge is -2.30. The highest BCUT2D eigenvalue weighted by molar-refractivity contribution is 7.17. The van der Waals surface area contributed by atoms with Crippen LogP contribution in [-0.4, -0.2) is 36.5 Å². The number of hydrogen-bond donors (Lipinski definition) is 1. The first kappa shape index (κ1) is 22.2. The van der Waals surface area contributed by atoms with Crippen LogP contribution in [0, 0.1) is 0 Å². The second kappa shape index (κ2) is 9.39. The largest absolute Gasteiger partial charge is 0.465 e. The first-order valence-corrected chi connectivity index (χ1v) is 10.4. The molecule has 0 spiro atoms. The molecule has 1 aliphatic heterocycles. The number of esters is 1. The van der Waals surface area contributed by atoms with Gasteiger partial charge < -0.3 is 10.1 Å². The molecule has 3 rings (SSSR count). The highest BCUT2D eigenvalue weighted by Crippen LogP contribution is 2.38. The summed E-state index contributed by atoms with van der Waals surface area (Å²) in [5.74, 6) is -0.553. The molecule has 27 heavy (non-hydrogen) atoms. The van der Waals surface area contributed by atoms with Crippen LogP contribution in [0.2, 0.25) is 4.34 Å². The van der Waals surface area contributed by atoms with Gasteiger partial charge in [-0.25, -0.2) is 4.79 Å². The molecule has 1 N–H and O–H groups in total. The molecular weight excluding hydrogens is 427 g/mol. The number of carbonyl (C=O) groups excluding carboxylic acids is 2. The summed E-state index contributed by atoms with van der Waals surface area (Å²) in [5, 5.41) is 3.49. The number of thiophene rings is 2. The second-order valence-corrected chi connectivity index (χ2v) is 9.35. The fourth-order valence-electron chi connectivity index (χ4n) is 3.05. The highest BCUT2D eigenvalue weighted by atomic mass is 35.5. The van der Waals surface area contributed by atoms with Gasteiger partial charge in [0.1, 0.15) is 5.00 Å². The van der Waals surface area contributed by atoms with Gasteiger partial charge in [0, 0.05) is 28.9 Å². The maximum absolute atomic E-state index is 12.4. The summed E-state index contributed by atoms with van der Waals surface area (Å²) in [6, 6.07) is 4.06. The smallest absolute Gasteiger partial charge is 0.341 e. The van der Waals surface area contributed by atoms with Gasteiger partial charge in [0.05, 0.1) is 23.4 Å². The molecule has 0 radical (unpaired) electrons. The number of hydrogen-bond acceptors (Lipinski definition) is 6. The predicted octanol–water partition coefficient (Wildman–Crippen LogP) is 4.62. The van der Waals surface area contributed by atoms with Gasteiger partial charge >= 0.3 is 5.97 Å². The van der Waals surface area contributed by atoms with Crippen LogP contribution in [0.15, 0.2) is 12.1 Å². The maximum Gasteiger partial charge on any atom is 0.341 e. The van der Waals surface area contributed by atoms with Crippen molar-refractivity contribution < 1.29 is 14.3 Å². The van der Waals surface area contributed by atoms with E-state index in [4.69, 9.17) is 16.3 Å². The summed E-state index contributed by atoms with van der Waals surface area (Å²) in [4.78, 5) is 29.1. The van der Waals surface area contributed by atoms with Gasteiger partial charge in [-0.2, -0.15) is 0 Å². The van der Waals surface area contributed by atoms with Crippen LogP contribution in [-0.2, 0) is 28.9 Å². The zero-order chi connectivity index (χ0) is 18.8. The number of methoxy groups -OCH3 is 1. The molecule has 0 saturated carbocycles. The Morgan fingerprint density at radius 1 is 1.33 bits per heavy atom. The van der Waals surface area contributed by atoms with Gasteiger partial charge in [0.25, 0.3) is 0 Å². The van der Waals surface area contributed by atoms with Crippen LogP contribution in [0.5, 0.6) is 0 Å². The number of halogens is 2. The van der Waals surface area contributed by atoms with E-state index in [2.05, 4.69) is 24.1 Å². The van der Waals surface area contributed by atoms with Gasteiger partial charge in [-0.1, -0.05) is 11.6 Å². The van der Waals surface area contributed by atoms with Crippen LogP contribution in [0.4, 0.5) is 5.00 Å². The van der Waals surface area contributed by atoms with Crippen molar-refractivity contribution >= 4 is 63.6 Å². The number of ether oxygens (including phenoxy) is 1. The number of nitrogens with one attached hydrogen (secondary N) is 1. The molecule has 0 atom stereocenters. The monoisotopic (exact) mass is 448 g/mol. The summed E-state index contributed by atoms with van der Waals surface area (Å²) >= 11 is 8.78. The zero-order valence-electron chi connectivity index (χ0n) is 15.3. The topological polar surface area (TPSA) is 58.6 Å². The molecule has 9 heteroatoms. The summed E-state index contributed by atoms with van der Waals surface area (Å²) in [5.41, 5.74) is 1.52. The summed E-state index contributed by atoms with van der Waals surface area (Å²) in [7, 11) is 1.37. The average molecular weight is 449 g/mol. The Morgan fingerprint density at radius 2 is 2.07 bits per heavy atom. The number of fused-ring (bicyclic) bond motifs is 1. The number of carbonyl (C=O) groups is 2. The van der Waals surface area contributed by atoms with Gasteiger partial charge in [0.15, 0.2) is 0 Å². The molecule has 148 valence electrons. The van der Waals surface area contributed by atoms with Crippen molar-refractivity contribution in [1.82, 2.24) is 4.90 Å². The Labute approximate surface area is 178 Å². The Kier molecular flexibility index (Phi) is 7.71. The van der Waals surface area contributed by atoms with Crippen molar-refractivity contribution in [3.05, 3.63) is 37.4 Å². The third kappa shape index (κ3) is 5.03. The number of rotatable bonds is 5.